The van der Waals surface area contributed by atoms with Crippen molar-refractivity contribution >= 4 is 35.2 Å². The zero-order valence-corrected chi connectivity index (χ0v) is 15.3. The second kappa shape index (κ2) is 9.65. The summed E-state index contributed by atoms with van der Waals surface area (Å²) in [4.78, 5) is 26.0. The molecule has 0 radical (unpaired) electrons. The fraction of sp³-hybridized carbons (Fsp3) is 0.412. The smallest absolute Gasteiger partial charge is 0.407 e. The molecule has 0 aliphatic carbocycles. The van der Waals surface area contributed by atoms with Crippen LogP contribution in [0.3, 0.4) is 0 Å². The van der Waals surface area contributed by atoms with Gasteiger partial charge in [0.1, 0.15) is 12.6 Å². The lowest BCUT2D eigenvalue weighted by atomic mass is 10.2. The monoisotopic (exact) mass is 385 g/mol. The van der Waals surface area contributed by atoms with Gasteiger partial charge in [-0.1, -0.05) is 35.9 Å². The number of ether oxygens (including phenoxy) is 1. The summed E-state index contributed by atoms with van der Waals surface area (Å²) in [5, 5.41) is 6.80. The van der Waals surface area contributed by atoms with Crippen LogP contribution in [0.5, 0.6) is 0 Å². The van der Waals surface area contributed by atoms with Crippen molar-refractivity contribution in [2.45, 2.75) is 19.0 Å². The van der Waals surface area contributed by atoms with Crippen LogP contribution < -0.4 is 10.6 Å². The highest BCUT2D eigenvalue weighted by Gasteiger charge is 2.27. The fourth-order valence-electron chi connectivity index (χ4n) is 2.57. The highest BCUT2D eigenvalue weighted by Crippen LogP contribution is 2.20. The van der Waals surface area contributed by atoms with E-state index in [9.17, 15) is 9.59 Å². The normalized spacial score (nSPS) is 17.8. The van der Waals surface area contributed by atoms with Crippen molar-refractivity contribution in [1.82, 2.24) is 15.5 Å². The molecule has 1 saturated heterocycles. The summed E-state index contributed by atoms with van der Waals surface area (Å²) in [6, 6.07) is 4.73. The topological polar surface area (TPSA) is 70.7 Å². The van der Waals surface area contributed by atoms with Crippen molar-refractivity contribution in [2.24, 2.45) is 0 Å². The summed E-state index contributed by atoms with van der Waals surface area (Å²) < 4.78 is 4.85. The first-order valence-electron chi connectivity index (χ1n) is 7.98. The second-order valence-electron chi connectivity index (χ2n) is 5.67. The molecule has 1 aliphatic heterocycles. The molecule has 1 aromatic rings. The van der Waals surface area contributed by atoms with Crippen LogP contribution in [0, 0.1) is 0 Å². The van der Waals surface area contributed by atoms with Gasteiger partial charge in [0.2, 0.25) is 5.91 Å². The van der Waals surface area contributed by atoms with Gasteiger partial charge in [-0.2, -0.15) is 0 Å². The summed E-state index contributed by atoms with van der Waals surface area (Å²) in [5.41, 5.74) is 0.866. The SMILES string of the molecule is C=CCOC(=O)NCC1NCCCN(Cc2cc(Cl)cc(Cl)c2)C1=O. The predicted octanol–water partition coefficient (Wildman–Crippen LogP) is 2.60. The van der Waals surface area contributed by atoms with Crippen molar-refractivity contribution in [1.29, 1.82) is 0 Å². The third kappa shape index (κ3) is 6.23. The van der Waals surface area contributed by atoms with E-state index in [1.54, 1.807) is 23.1 Å². The third-order valence-corrected chi connectivity index (χ3v) is 4.12. The Labute approximate surface area is 157 Å². The number of benzene rings is 1. The Bertz CT molecular complexity index is 619. The Morgan fingerprint density at radius 3 is 2.80 bits per heavy atom. The van der Waals surface area contributed by atoms with Gasteiger partial charge in [-0.15, -0.1) is 0 Å². The summed E-state index contributed by atoms with van der Waals surface area (Å²) in [7, 11) is 0. The van der Waals surface area contributed by atoms with Crippen molar-refractivity contribution in [3.8, 4) is 0 Å². The van der Waals surface area contributed by atoms with Crippen LogP contribution in [-0.2, 0) is 16.1 Å². The number of rotatable bonds is 6. The molecule has 1 unspecified atom stereocenters. The molecular weight excluding hydrogens is 365 g/mol. The van der Waals surface area contributed by atoms with E-state index in [-0.39, 0.29) is 19.1 Å². The van der Waals surface area contributed by atoms with Crippen molar-refractivity contribution in [3.05, 3.63) is 46.5 Å². The maximum absolute atomic E-state index is 12.7. The molecule has 1 heterocycles. The fourth-order valence-corrected chi connectivity index (χ4v) is 3.15. The summed E-state index contributed by atoms with van der Waals surface area (Å²) in [6.07, 6.45) is 1.72. The third-order valence-electron chi connectivity index (χ3n) is 3.68. The van der Waals surface area contributed by atoms with Crippen LogP contribution in [0.2, 0.25) is 10.0 Å². The van der Waals surface area contributed by atoms with Crippen LogP contribution >= 0.6 is 23.2 Å². The molecule has 136 valence electrons. The van der Waals surface area contributed by atoms with E-state index in [0.29, 0.717) is 29.7 Å². The van der Waals surface area contributed by atoms with Crippen LogP contribution in [0.15, 0.2) is 30.9 Å². The lowest BCUT2D eigenvalue weighted by Gasteiger charge is -2.24. The molecule has 1 aromatic carbocycles. The standard InChI is InChI=1S/C17H21Cl2N3O3/c1-2-6-25-17(24)21-10-15-16(23)22(5-3-4-20-15)11-12-7-13(18)9-14(19)8-12/h2,7-9,15,20H,1,3-6,10-11H2,(H,21,24). The Morgan fingerprint density at radius 1 is 1.40 bits per heavy atom. The molecule has 0 aromatic heterocycles. The summed E-state index contributed by atoms with van der Waals surface area (Å²) in [5.74, 6) is -0.0855. The van der Waals surface area contributed by atoms with Crippen molar-refractivity contribution in [2.75, 3.05) is 26.2 Å². The molecule has 1 aliphatic rings. The number of hydrogen-bond acceptors (Lipinski definition) is 4. The zero-order chi connectivity index (χ0) is 18.2. The molecular formula is C17H21Cl2N3O3. The van der Waals surface area contributed by atoms with Crippen LogP contribution in [0.1, 0.15) is 12.0 Å². The largest absolute Gasteiger partial charge is 0.445 e. The molecule has 1 fully saturated rings. The number of carbonyl (C=O) groups excluding carboxylic acids is 2. The summed E-state index contributed by atoms with van der Waals surface area (Å²) in [6.45, 7) is 5.47. The summed E-state index contributed by atoms with van der Waals surface area (Å²) >= 11 is 12.0. The average molecular weight is 386 g/mol. The molecule has 0 bridgehead atoms. The molecule has 0 saturated carbocycles. The Balaban J connectivity index is 1.98. The number of carbonyl (C=O) groups is 2. The van der Waals surface area contributed by atoms with Crippen LogP contribution in [-0.4, -0.2) is 49.2 Å². The molecule has 2 rings (SSSR count). The lowest BCUT2D eigenvalue weighted by Crippen LogP contribution is -2.49. The molecule has 8 heteroatoms. The number of halogens is 2. The van der Waals surface area contributed by atoms with Gasteiger partial charge in [0.05, 0.1) is 0 Å². The van der Waals surface area contributed by atoms with Gasteiger partial charge in [0.25, 0.3) is 0 Å². The van der Waals surface area contributed by atoms with E-state index in [2.05, 4.69) is 17.2 Å². The number of amides is 2. The number of nitrogens with one attached hydrogen (secondary N) is 2. The minimum atomic E-state index is -0.577. The first-order chi connectivity index (χ1) is 12.0. The van der Waals surface area contributed by atoms with Gasteiger partial charge in [0.15, 0.2) is 0 Å². The highest BCUT2D eigenvalue weighted by atomic mass is 35.5. The van der Waals surface area contributed by atoms with Gasteiger partial charge in [-0.25, -0.2) is 4.79 Å². The van der Waals surface area contributed by atoms with Gasteiger partial charge in [-0.3, -0.25) is 4.79 Å². The second-order valence-corrected chi connectivity index (χ2v) is 6.54. The first-order valence-corrected chi connectivity index (χ1v) is 8.74. The molecule has 6 nitrogen and oxygen atoms in total. The number of alkyl carbamates (subject to hydrolysis) is 1. The van der Waals surface area contributed by atoms with E-state index in [0.717, 1.165) is 12.0 Å². The van der Waals surface area contributed by atoms with Crippen molar-refractivity contribution in [3.63, 3.8) is 0 Å². The van der Waals surface area contributed by atoms with Crippen molar-refractivity contribution < 1.29 is 14.3 Å². The van der Waals surface area contributed by atoms with E-state index in [1.807, 2.05) is 0 Å². The Kier molecular flexibility index (Phi) is 7.55. The first kappa shape index (κ1) is 19.6. The number of nitrogens with zero attached hydrogens (tertiary/aromatic N) is 1. The Morgan fingerprint density at radius 2 is 2.12 bits per heavy atom. The zero-order valence-electron chi connectivity index (χ0n) is 13.8. The van der Waals surface area contributed by atoms with Crippen LogP contribution in [0.4, 0.5) is 4.79 Å². The van der Waals surface area contributed by atoms with E-state index in [4.69, 9.17) is 27.9 Å². The predicted molar refractivity (Wildman–Crippen MR) is 97.8 cm³/mol. The Hall–Kier alpha value is -1.76. The molecule has 2 N–H and O–H groups in total. The lowest BCUT2D eigenvalue weighted by molar-refractivity contribution is -0.133. The van der Waals surface area contributed by atoms with E-state index < -0.39 is 12.1 Å². The maximum Gasteiger partial charge on any atom is 0.407 e. The van der Waals surface area contributed by atoms with Gasteiger partial charge < -0.3 is 20.3 Å². The maximum atomic E-state index is 12.7. The van der Waals surface area contributed by atoms with E-state index in [1.165, 1.54) is 6.08 Å². The molecule has 0 spiro atoms. The highest BCUT2D eigenvalue weighted by molar-refractivity contribution is 6.34. The van der Waals surface area contributed by atoms with Gasteiger partial charge in [0, 0.05) is 29.7 Å². The minimum Gasteiger partial charge on any atom is -0.445 e. The molecule has 25 heavy (non-hydrogen) atoms. The van der Waals surface area contributed by atoms with Gasteiger partial charge in [-0.05, 0) is 36.7 Å². The molecule has 2 amide bonds. The average Bonchev–Trinajstić information content (AvgIpc) is 2.72. The van der Waals surface area contributed by atoms with E-state index >= 15 is 0 Å². The quantitative estimate of drug-likeness (QED) is 0.738. The molecule has 1 atom stereocenters. The van der Waals surface area contributed by atoms with Crippen LogP contribution in [0.25, 0.3) is 0 Å². The number of hydrogen-bond donors (Lipinski definition) is 2. The van der Waals surface area contributed by atoms with Gasteiger partial charge >= 0.3 is 6.09 Å². The minimum absolute atomic E-state index is 0.0855.